The van der Waals surface area contributed by atoms with Gasteiger partial charge in [-0.05, 0) is 55.9 Å². The molecule has 0 saturated heterocycles. The fourth-order valence-corrected chi connectivity index (χ4v) is 3.88. The number of anilines is 1. The maximum absolute atomic E-state index is 12.6. The molecule has 5 rings (SSSR count). The number of pyridine rings is 1. The summed E-state index contributed by atoms with van der Waals surface area (Å²) < 4.78 is 7.22. The molecule has 1 aliphatic carbocycles. The second-order valence-corrected chi connectivity index (χ2v) is 8.47. The maximum atomic E-state index is 12.6. The monoisotopic (exact) mass is 438 g/mol. The predicted molar refractivity (Wildman–Crippen MR) is 128 cm³/mol. The normalized spacial score (nSPS) is 14.0. The molecule has 1 amide bonds. The average molecular weight is 439 g/mol. The molecule has 0 bridgehead atoms. The third kappa shape index (κ3) is 4.65. The maximum Gasteiger partial charge on any atom is 0.413 e. The molecule has 0 spiro atoms. The second kappa shape index (κ2) is 8.90. The Labute approximate surface area is 193 Å². The summed E-state index contributed by atoms with van der Waals surface area (Å²) in [5.41, 5.74) is 5.91. The summed E-state index contributed by atoms with van der Waals surface area (Å²) in [7, 11) is 0. The number of carbonyl (C=O) groups excluding carboxylic acids is 1. The lowest BCUT2D eigenvalue weighted by Gasteiger charge is -2.15. The van der Waals surface area contributed by atoms with Crippen LogP contribution in [0.5, 0.6) is 0 Å². The average Bonchev–Trinajstić information content (AvgIpc) is 3.64. The Bertz CT molecular complexity index is 1240. The van der Waals surface area contributed by atoms with E-state index in [9.17, 15) is 4.79 Å². The van der Waals surface area contributed by atoms with Gasteiger partial charge in [-0.15, -0.1) is 0 Å². The number of nitrogens with zero attached hydrogens (tertiary/aromatic N) is 3. The fraction of sp³-hybridized carbons (Fsp3) is 0.222. The van der Waals surface area contributed by atoms with Crippen molar-refractivity contribution in [3.05, 3.63) is 95.8 Å². The Morgan fingerprint density at radius 1 is 1.03 bits per heavy atom. The molecule has 6 nitrogen and oxygen atoms in total. The Hall–Kier alpha value is -3.93. The molecule has 1 aliphatic rings. The summed E-state index contributed by atoms with van der Waals surface area (Å²) in [6, 6.07) is 22.2. The van der Waals surface area contributed by atoms with E-state index in [-0.39, 0.29) is 6.10 Å². The van der Waals surface area contributed by atoms with Crippen LogP contribution < -0.4 is 5.32 Å². The Balaban J connectivity index is 1.30. The first-order valence-electron chi connectivity index (χ1n) is 11.2. The van der Waals surface area contributed by atoms with E-state index in [0.717, 1.165) is 34.0 Å². The van der Waals surface area contributed by atoms with E-state index in [1.807, 2.05) is 56.3 Å². The number of aryl methyl sites for hydroxylation is 1. The van der Waals surface area contributed by atoms with Gasteiger partial charge in [-0.1, -0.05) is 54.6 Å². The molecule has 1 fully saturated rings. The van der Waals surface area contributed by atoms with Gasteiger partial charge in [0.05, 0.1) is 23.8 Å². The second-order valence-electron chi connectivity index (χ2n) is 8.47. The molecule has 0 aliphatic heterocycles. The zero-order chi connectivity index (χ0) is 22.8. The van der Waals surface area contributed by atoms with Crippen molar-refractivity contribution in [3.8, 4) is 16.9 Å². The number of aromatic nitrogens is 3. The Morgan fingerprint density at radius 2 is 1.79 bits per heavy atom. The number of benzene rings is 2. The van der Waals surface area contributed by atoms with E-state index in [1.54, 1.807) is 17.1 Å². The molecule has 33 heavy (non-hydrogen) atoms. The minimum absolute atomic E-state index is 0.366. The van der Waals surface area contributed by atoms with Crippen molar-refractivity contribution >= 4 is 11.9 Å². The first kappa shape index (κ1) is 20.9. The van der Waals surface area contributed by atoms with E-state index < -0.39 is 6.09 Å². The predicted octanol–water partition coefficient (Wildman–Crippen LogP) is 6.43. The van der Waals surface area contributed by atoms with Crippen LogP contribution in [-0.4, -0.2) is 20.9 Å². The van der Waals surface area contributed by atoms with Crippen molar-refractivity contribution in [3.63, 3.8) is 0 Å². The minimum Gasteiger partial charge on any atom is -0.441 e. The lowest BCUT2D eigenvalue weighted by molar-refractivity contribution is 0.121. The Kier molecular flexibility index (Phi) is 5.65. The van der Waals surface area contributed by atoms with Crippen LogP contribution in [0.1, 0.15) is 48.5 Å². The zero-order valence-corrected chi connectivity index (χ0v) is 18.7. The molecule has 4 aromatic rings. The molecule has 2 heterocycles. The molecular weight excluding hydrogens is 412 g/mol. The van der Waals surface area contributed by atoms with E-state index in [2.05, 4.69) is 39.7 Å². The van der Waals surface area contributed by atoms with Crippen molar-refractivity contribution in [2.45, 2.75) is 38.7 Å². The highest BCUT2D eigenvalue weighted by molar-refractivity contribution is 5.85. The van der Waals surface area contributed by atoms with Gasteiger partial charge >= 0.3 is 6.09 Å². The number of carbonyl (C=O) groups is 1. The molecule has 0 radical (unpaired) electrons. The molecule has 2 aromatic heterocycles. The molecule has 1 N–H and O–H groups in total. The van der Waals surface area contributed by atoms with Crippen molar-refractivity contribution in [1.29, 1.82) is 0 Å². The molecular formula is C27H26N4O2. The quantitative estimate of drug-likeness (QED) is 0.377. The number of nitrogens with one attached hydrogen (secondary N) is 1. The number of hydrogen-bond acceptors (Lipinski definition) is 4. The highest BCUT2D eigenvalue weighted by Gasteiger charge is 2.23. The first-order valence-corrected chi connectivity index (χ1v) is 11.2. The van der Waals surface area contributed by atoms with Crippen LogP contribution in [0.2, 0.25) is 0 Å². The summed E-state index contributed by atoms with van der Waals surface area (Å²) >= 11 is 0. The van der Waals surface area contributed by atoms with Crippen LogP contribution in [-0.2, 0) is 4.74 Å². The summed E-state index contributed by atoms with van der Waals surface area (Å²) in [6.07, 6.45) is 5.17. The zero-order valence-electron chi connectivity index (χ0n) is 18.7. The highest BCUT2D eigenvalue weighted by atomic mass is 16.6. The highest BCUT2D eigenvalue weighted by Crippen LogP contribution is 2.40. The number of amides is 1. The van der Waals surface area contributed by atoms with Crippen LogP contribution in [0.3, 0.4) is 0 Å². The van der Waals surface area contributed by atoms with Crippen LogP contribution >= 0.6 is 0 Å². The van der Waals surface area contributed by atoms with Gasteiger partial charge in [0.25, 0.3) is 0 Å². The third-order valence-electron chi connectivity index (χ3n) is 5.97. The minimum atomic E-state index is -0.531. The van der Waals surface area contributed by atoms with Gasteiger partial charge in [-0.2, -0.15) is 5.10 Å². The van der Waals surface area contributed by atoms with Crippen LogP contribution in [0, 0.1) is 6.92 Å². The van der Waals surface area contributed by atoms with Crippen LogP contribution in [0.25, 0.3) is 16.9 Å². The van der Waals surface area contributed by atoms with Crippen molar-refractivity contribution < 1.29 is 9.53 Å². The summed E-state index contributed by atoms with van der Waals surface area (Å²) in [5, 5.41) is 7.26. The van der Waals surface area contributed by atoms with Gasteiger partial charge in [-0.3, -0.25) is 10.3 Å². The standard InChI is InChI=1S/C27H26N4O2/c1-18-16-29-31(26(18)30-27(32)33-19(2)20-6-4-3-5-7-20)24-14-15-25(28-17-24)23-12-10-22(11-13-23)21-8-9-21/h3-7,10-17,19,21H,8-9H2,1-2H3,(H,30,32). The molecule has 2 aromatic carbocycles. The molecule has 1 saturated carbocycles. The van der Waals surface area contributed by atoms with E-state index >= 15 is 0 Å². The van der Waals surface area contributed by atoms with E-state index in [0.29, 0.717) is 5.82 Å². The van der Waals surface area contributed by atoms with Crippen LogP contribution in [0.15, 0.2) is 79.1 Å². The number of ether oxygens (including phenoxy) is 1. The number of hydrogen-bond donors (Lipinski definition) is 1. The molecule has 166 valence electrons. The van der Waals surface area contributed by atoms with E-state index in [4.69, 9.17) is 4.74 Å². The number of rotatable bonds is 6. The Morgan fingerprint density at radius 3 is 2.45 bits per heavy atom. The summed E-state index contributed by atoms with van der Waals surface area (Å²) in [4.78, 5) is 17.2. The van der Waals surface area contributed by atoms with Crippen molar-refractivity contribution in [1.82, 2.24) is 14.8 Å². The topological polar surface area (TPSA) is 69.0 Å². The smallest absolute Gasteiger partial charge is 0.413 e. The molecule has 1 atom stereocenters. The van der Waals surface area contributed by atoms with Gasteiger partial charge < -0.3 is 4.74 Å². The van der Waals surface area contributed by atoms with Crippen molar-refractivity contribution in [2.75, 3.05) is 5.32 Å². The largest absolute Gasteiger partial charge is 0.441 e. The first-order chi connectivity index (χ1) is 16.1. The molecule has 1 unspecified atom stereocenters. The SMILES string of the molecule is Cc1cnn(-c2ccc(-c3ccc(C4CC4)cc3)nc2)c1NC(=O)OC(C)c1ccccc1. The lowest BCUT2D eigenvalue weighted by Crippen LogP contribution is -2.18. The fourth-order valence-electron chi connectivity index (χ4n) is 3.88. The van der Waals surface area contributed by atoms with Gasteiger partial charge in [-0.25, -0.2) is 9.48 Å². The lowest BCUT2D eigenvalue weighted by atomic mass is 10.1. The van der Waals surface area contributed by atoms with Gasteiger partial charge in [0.15, 0.2) is 0 Å². The van der Waals surface area contributed by atoms with Gasteiger partial charge in [0, 0.05) is 11.1 Å². The van der Waals surface area contributed by atoms with Crippen LogP contribution in [0.4, 0.5) is 10.6 Å². The van der Waals surface area contributed by atoms with Gasteiger partial charge in [0.2, 0.25) is 0 Å². The summed E-state index contributed by atoms with van der Waals surface area (Å²) in [6.45, 7) is 3.74. The third-order valence-corrected chi connectivity index (χ3v) is 5.97. The van der Waals surface area contributed by atoms with Gasteiger partial charge in [0.1, 0.15) is 11.9 Å². The van der Waals surface area contributed by atoms with Crippen molar-refractivity contribution in [2.24, 2.45) is 0 Å². The molecule has 6 heteroatoms. The van der Waals surface area contributed by atoms with E-state index in [1.165, 1.54) is 18.4 Å². The summed E-state index contributed by atoms with van der Waals surface area (Å²) in [5.74, 6) is 1.30.